The van der Waals surface area contributed by atoms with Crippen LogP contribution >= 0.6 is 11.6 Å². The number of carbonyl (C=O) groups excluding carboxylic acids is 1. The number of amides is 1. The zero-order valence-corrected chi connectivity index (χ0v) is 14.6. The monoisotopic (exact) mass is 356 g/mol. The summed E-state index contributed by atoms with van der Waals surface area (Å²) >= 11 is 5.75. The highest BCUT2D eigenvalue weighted by Gasteiger charge is 2.28. The second kappa shape index (κ2) is 7.21. The summed E-state index contributed by atoms with van der Waals surface area (Å²) in [7, 11) is 0. The zero-order chi connectivity index (χ0) is 17.9. The molecule has 1 aromatic heterocycles. The van der Waals surface area contributed by atoms with Gasteiger partial charge in [-0.2, -0.15) is 0 Å². The van der Waals surface area contributed by atoms with Crippen LogP contribution in [0.1, 0.15) is 44.1 Å². The Hall–Kier alpha value is -2.09. The van der Waals surface area contributed by atoms with Crippen LogP contribution < -0.4 is 5.32 Å². The largest absolute Gasteiger partial charge is 0.477 e. The average Bonchev–Trinajstić information content (AvgIpc) is 2.45. The molecule has 0 aliphatic carbocycles. The molecule has 1 aliphatic heterocycles. The molecule has 24 heavy (non-hydrogen) atoms. The highest BCUT2D eigenvalue weighted by Crippen LogP contribution is 2.19. The van der Waals surface area contributed by atoms with Gasteiger partial charge in [-0.05, 0) is 45.2 Å². The minimum absolute atomic E-state index is 0.0705. The molecule has 8 nitrogen and oxygen atoms in total. The third-order valence-electron chi connectivity index (χ3n) is 3.34. The molecule has 132 valence electrons. The van der Waals surface area contributed by atoms with E-state index in [0.29, 0.717) is 18.9 Å². The number of hydrogen-bond acceptors (Lipinski definition) is 6. The lowest BCUT2D eigenvalue weighted by atomic mass is 10.1. The number of carboxylic acids is 1. The fourth-order valence-electron chi connectivity index (χ4n) is 2.40. The fourth-order valence-corrected chi connectivity index (χ4v) is 2.58. The Morgan fingerprint density at radius 2 is 2.12 bits per heavy atom. The maximum absolute atomic E-state index is 12.2. The van der Waals surface area contributed by atoms with E-state index in [1.54, 1.807) is 4.90 Å². The van der Waals surface area contributed by atoms with E-state index in [0.717, 1.165) is 12.8 Å². The minimum Gasteiger partial charge on any atom is -0.477 e. The molecule has 0 radical (unpaired) electrons. The van der Waals surface area contributed by atoms with Crippen molar-refractivity contribution in [3.8, 4) is 0 Å². The summed E-state index contributed by atoms with van der Waals surface area (Å²) in [6, 6.07) is 1.25. The molecule has 1 atom stereocenters. The van der Waals surface area contributed by atoms with Gasteiger partial charge in [0.2, 0.25) is 5.28 Å². The van der Waals surface area contributed by atoms with Crippen molar-refractivity contribution in [1.82, 2.24) is 14.9 Å². The number of anilines is 1. The number of carboxylic acid groups (broad SMARTS) is 1. The topological polar surface area (TPSA) is 105 Å². The number of hydrogen-bond donors (Lipinski definition) is 2. The van der Waals surface area contributed by atoms with E-state index in [1.165, 1.54) is 6.07 Å². The van der Waals surface area contributed by atoms with Gasteiger partial charge in [-0.25, -0.2) is 19.6 Å². The van der Waals surface area contributed by atoms with Crippen molar-refractivity contribution in [3.63, 3.8) is 0 Å². The normalized spacial score (nSPS) is 18.2. The summed E-state index contributed by atoms with van der Waals surface area (Å²) in [6.45, 7) is 6.53. The van der Waals surface area contributed by atoms with Gasteiger partial charge in [-0.1, -0.05) is 0 Å². The van der Waals surface area contributed by atoms with Gasteiger partial charge in [0.25, 0.3) is 0 Å². The number of piperidine rings is 1. The van der Waals surface area contributed by atoms with Crippen LogP contribution in [0.15, 0.2) is 6.07 Å². The van der Waals surface area contributed by atoms with E-state index in [4.69, 9.17) is 21.4 Å². The fraction of sp³-hybridized carbons (Fsp3) is 0.600. The number of halogens is 1. The quantitative estimate of drug-likeness (QED) is 0.802. The van der Waals surface area contributed by atoms with Crippen LogP contribution in [-0.2, 0) is 4.74 Å². The predicted octanol–water partition coefficient (Wildman–Crippen LogP) is 2.64. The van der Waals surface area contributed by atoms with Gasteiger partial charge in [0, 0.05) is 25.2 Å². The van der Waals surface area contributed by atoms with E-state index in [1.807, 2.05) is 20.8 Å². The smallest absolute Gasteiger partial charge is 0.410 e. The predicted molar refractivity (Wildman–Crippen MR) is 88.5 cm³/mol. The number of aromatic carboxylic acids is 1. The maximum Gasteiger partial charge on any atom is 0.410 e. The first kappa shape index (κ1) is 18.3. The van der Waals surface area contributed by atoms with Crippen LogP contribution in [0, 0.1) is 0 Å². The molecular formula is C15H21ClN4O4. The summed E-state index contributed by atoms with van der Waals surface area (Å²) < 4.78 is 5.38. The second-order valence-electron chi connectivity index (χ2n) is 6.62. The van der Waals surface area contributed by atoms with Gasteiger partial charge in [-0.3, -0.25) is 0 Å². The molecule has 1 fully saturated rings. The summed E-state index contributed by atoms with van der Waals surface area (Å²) in [4.78, 5) is 32.4. The summed E-state index contributed by atoms with van der Waals surface area (Å²) in [5, 5.41) is 12.0. The van der Waals surface area contributed by atoms with E-state index in [-0.39, 0.29) is 23.1 Å². The van der Waals surface area contributed by atoms with Crippen LogP contribution in [0.25, 0.3) is 0 Å². The van der Waals surface area contributed by atoms with Gasteiger partial charge in [0.05, 0.1) is 0 Å². The first-order chi connectivity index (χ1) is 11.1. The van der Waals surface area contributed by atoms with Crippen LogP contribution in [0.4, 0.5) is 10.6 Å². The van der Waals surface area contributed by atoms with Crippen molar-refractivity contribution < 1.29 is 19.4 Å². The zero-order valence-electron chi connectivity index (χ0n) is 13.9. The van der Waals surface area contributed by atoms with E-state index in [2.05, 4.69) is 15.3 Å². The molecule has 1 aromatic rings. The SMILES string of the molecule is CC(C)(C)OC(=O)N1CCC[C@H](Nc2cc(C(=O)O)nc(Cl)n2)C1. The second-order valence-corrected chi connectivity index (χ2v) is 6.96. The van der Waals surface area contributed by atoms with E-state index < -0.39 is 11.6 Å². The summed E-state index contributed by atoms with van der Waals surface area (Å²) in [5.74, 6) is -0.857. The lowest BCUT2D eigenvalue weighted by Gasteiger charge is -2.34. The molecule has 2 heterocycles. The number of likely N-dealkylation sites (tertiary alicyclic amines) is 1. The first-order valence-electron chi connectivity index (χ1n) is 7.66. The van der Waals surface area contributed by atoms with Crippen molar-refractivity contribution in [2.45, 2.75) is 45.3 Å². The van der Waals surface area contributed by atoms with Crippen molar-refractivity contribution in [3.05, 3.63) is 17.0 Å². The highest BCUT2D eigenvalue weighted by atomic mass is 35.5. The molecular weight excluding hydrogens is 336 g/mol. The number of nitrogens with one attached hydrogen (secondary N) is 1. The van der Waals surface area contributed by atoms with Gasteiger partial charge in [0.1, 0.15) is 11.4 Å². The van der Waals surface area contributed by atoms with Crippen LogP contribution in [0.2, 0.25) is 5.28 Å². The third-order valence-corrected chi connectivity index (χ3v) is 3.51. The molecule has 0 unspecified atom stereocenters. The van der Waals surface area contributed by atoms with Gasteiger partial charge in [0.15, 0.2) is 5.69 Å². The Morgan fingerprint density at radius 1 is 1.42 bits per heavy atom. The Labute approximate surface area is 145 Å². The minimum atomic E-state index is -1.18. The van der Waals surface area contributed by atoms with Crippen LogP contribution in [0.3, 0.4) is 0 Å². The molecule has 1 amide bonds. The van der Waals surface area contributed by atoms with Gasteiger partial charge >= 0.3 is 12.1 Å². The molecule has 0 spiro atoms. The number of rotatable bonds is 3. The lowest BCUT2D eigenvalue weighted by Crippen LogP contribution is -2.47. The molecule has 0 bridgehead atoms. The van der Waals surface area contributed by atoms with Crippen molar-refractivity contribution in [2.24, 2.45) is 0 Å². The number of nitrogens with zero attached hydrogens (tertiary/aromatic N) is 3. The highest BCUT2D eigenvalue weighted by molar-refractivity contribution is 6.28. The molecule has 0 saturated carbocycles. The molecule has 2 N–H and O–H groups in total. The Kier molecular flexibility index (Phi) is 5.48. The maximum atomic E-state index is 12.2. The Morgan fingerprint density at radius 3 is 2.75 bits per heavy atom. The standard InChI is InChI=1S/C15H21ClN4O4/c1-15(2,3)24-14(23)20-6-4-5-9(8-20)17-11-7-10(12(21)22)18-13(16)19-11/h7,9H,4-6,8H2,1-3H3,(H,21,22)(H,17,18,19)/t9-/m0/s1. The lowest BCUT2D eigenvalue weighted by molar-refractivity contribution is 0.0206. The third kappa shape index (κ3) is 5.23. The van der Waals surface area contributed by atoms with Crippen molar-refractivity contribution >= 4 is 29.5 Å². The van der Waals surface area contributed by atoms with Crippen LogP contribution in [-0.4, -0.2) is 56.8 Å². The number of aromatic nitrogens is 2. The summed E-state index contributed by atoms with van der Waals surface area (Å²) in [6.07, 6.45) is 1.27. The van der Waals surface area contributed by atoms with Gasteiger partial charge < -0.3 is 20.1 Å². The van der Waals surface area contributed by atoms with Crippen LogP contribution in [0.5, 0.6) is 0 Å². The van der Waals surface area contributed by atoms with Crippen molar-refractivity contribution in [1.29, 1.82) is 0 Å². The Balaban J connectivity index is 2.03. The molecule has 0 aromatic carbocycles. The van der Waals surface area contributed by atoms with E-state index in [9.17, 15) is 9.59 Å². The number of carbonyl (C=O) groups is 2. The number of ether oxygens (including phenoxy) is 1. The van der Waals surface area contributed by atoms with E-state index >= 15 is 0 Å². The molecule has 1 aliphatic rings. The first-order valence-corrected chi connectivity index (χ1v) is 8.04. The van der Waals surface area contributed by atoms with Crippen molar-refractivity contribution in [2.75, 3.05) is 18.4 Å². The van der Waals surface area contributed by atoms with Gasteiger partial charge in [-0.15, -0.1) is 0 Å². The average molecular weight is 357 g/mol. The molecule has 1 saturated heterocycles. The molecule has 9 heteroatoms. The summed E-state index contributed by atoms with van der Waals surface area (Å²) in [5.41, 5.74) is -0.731. The molecule has 2 rings (SSSR count). The Bertz CT molecular complexity index is 632.